The molecule has 0 N–H and O–H groups in total. The quantitative estimate of drug-likeness (QED) is 0.278. The number of para-hydroxylation sites is 4. The molecule has 5 nitrogen and oxygen atoms in total. The molecule has 1 heterocycles. The summed E-state index contributed by atoms with van der Waals surface area (Å²) in [4.78, 5) is 9.24. The monoisotopic (exact) mass is 488 g/mol. The molecular formula is C22H22Cl2FeN2O3. The fourth-order valence-corrected chi connectivity index (χ4v) is 2.64. The molecule has 1 aromatic heterocycles. The molecule has 2 aromatic carbocycles. The van der Waals surface area contributed by atoms with E-state index >= 15 is 0 Å². The number of furan rings is 1. The fraction of sp³-hybridized carbons (Fsp3) is 0.182. The van der Waals surface area contributed by atoms with Gasteiger partial charge in [-0.15, -0.1) is 0 Å². The van der Waals surface area contributed by atoms with Crippen LogP contribution in [0, 0.1) is 0 Å². The van der Waals surface area contributed by atoms with E-state index < -0.39 is 0 Å². The Morgan fingerprint density at radius 3 is 1.47 bits per heavy atom. The van der Waals surface area contributed by atoms with Gasteiger partial charge in [-0.3, -0.25) is 0 Å². The number of hydrogen-bond acceptors (Lipinski definition) is 5. The molecule has 0 aliphatic heterocycles. The molecule has 0 unspecified atom stereocenters. The van der Waals surface area contributed by atoms with E-state index in [9.17, 15) is 0 Å². The molecule has 0 fully saturated rings. The van der Waals surface area contributed by atoms with Crippen molar-refractivity contribution in [1.29, 1.82) is 0 Å². The maximum absolute atomic E-state index is 5.96. The predicted octanol–water partition coefficient (Wildman–Crippen LogP) is 6.95. The fourth-order valence-electron chi connectivity index (χ4n) is 2.64. The van der Waals surface area contributed by atoms with Crippen molar-refractivity contribution in [3.63, 3.8) is 0 Å². The molecule has 0 aliphatic carbocycles. The predicted molar refractivity (Wildman–Crippen MR) is 120 cm³/mol. The van der Waals surface area contributed by atoms with Gasteiger partial charge in [-0.05, 0) is 50.2 Å². The van der Waals surface area contributed by atoms with Gasteiger partial charge in [0, 0.05) is 0 Å². The molecule has 0 spiro atoms. The van der Waals surface area contributed by atoms with Crippen LogP contribution < -0.4 is 9.47 Å². The molecule has 0 atom stereocenters. The van der Waals surface area contributed by atoms with Gasteiger partial charge in [-0.1, -0.05) is 24.3 Å². The maximum atomic E-state index is 5.96. The minimum atomic E-state index is 0.194. The molecule has 3 aromatic rings. The van der Waals surface area contributed by atoms with Crippen LogP contribution in [0.4, 0.5) is 11.4 Å². The number of methoxy groups -OCH3 is 2. The van der Waals surface area contributed by atoms with Gasteiger partial charge in [0.05, 0.1) is 25.6 Å². The summed E-state index contributed by atoms with van der Waals surface area (Å²) in [6.45, 7) is 3.81. The number of ether oxygens (including phenoxy) is 2. The van der Waals surface area contributed by atoms with Crippen molar-refractivity contribution in [2.45, 2.75) is 13.8 Å². The molecule has 3 rings (SSSR count). The zero-order chi connectivity index (χ0) is 21.9. The summed E-state index contributed by atoms with van der Waals surface area (Å²) in [5.74, 6) is 2.81. The Hall–Kier alpha value is -2.24. The average Bonchev–Trinajstić information content (AvgIpc) is 3.26. The Balaban J connectivity index is 0.00000101. The summed E-state index contributed by atoms with van der Waals surface area (Å²) < 4.78 is 16.6. The first-order valence-electron chi connectivity index (χ1n) is 8.86. The molecule has 0 saturated heterocycles. The van der Waals surface area contributed by atoms with Crippen molar-refractivity contribution in [3.8, 4) is 11.5 Å². The van der Waals surface area contributed by atoms with Crippen molar-refractivity contribution >= 4 is 43.0 Å². The molecule has 0 radical (unpaired) electrons. The Labute approximate surface area is 191 Å². The van der Waals surface area contributed by atoms with Crippen LogP contribution >= 0.6 is 20.2 Å². The van der Waals surface area contributed by atoms with Gasteiger partial charge < -0.3 is 13.9 Å². The van der Waals surface area contributed by atoms with E-state index in [0.717, 1.165) is 34.3 Å². The molecule has 8 heteroatoms. The third-order valence-electron chi connectivity index (χ3n) is 4.07. The van der Waals surface area contributed by atoms with Gasteiger partial charge in [0.15, 0.2) is 0 Å². The average molecular weight is 489 g/mol. The molecule has 30 heavy (non-hydrogen) atoms. The van der Waals surface area contributed by atoms with Crippen LogP contribution in [0.5, 0.6) is 11.5 Å². The Bertz CT molecular complexity index is 941. The van der Waals surface area contributed by atoms with Gasteiger partial charge in [0.2, 0.25) is 0 Å². The third kappa shape index (κ3) is 6.64. The van der Waals surface area contributed by atoms with Crippen LogP contribution in [0.1, 0.15) is 25.4 Å². The topological polar surface area (TPSA) is 56.3 Å². The summed E-state index contributed by atoms with van der Waals surface area (Å²) in [5.41, 5.74) is 3.04. The molecule has 0 saturated carbocycles. The normalized spacial score (nSPS) is 11.7. The van der Waals surface area contributed by atoms with Crippen LogP contribution in [-0.2, 0) is 13.1 Å². The van der Waals surface area contributed by atoms with Crippen LogP contribution in [-0.4, -0.2) is 25.6 Å². The van der Waals surface area contributed by atoms with E-state index in [2.05, 4.69) is 9.98 Å². The Kier molecular flexibility index (Phi) is 9.98. The van der Waals surface area contributed by atoms with E-state index in [1.807, 2.05) is 74.5 Å². The summed E-state index contributed by atoms with van der Waals surface area (Å²) in [6, 6.07) is 19.0. The van der Waals surface area contributed by atoms with E-state index in [1.54, 1.807) is 14.2 Å². The van der Waals surface area contributed by atoms with E-state index in [0.29, 0.717) is 11.5 Å². The van der Waals surface area contributed by atoms with Gasteiger partial charge in [0.1, 0.15) is 34.4 Å². The van der Waals surface area contributed by atoms with E-state index in [-0.39, 0.29) is 13.1 Å². The second-order valence-electron chi connectivity index (χ2n) is 5.95. The van der Waals surface area contributed by atoms with Crippen molar-refractivity contribution < 1.29 is 27.0 Å². The van der Waals surface area contributed by atoms with Crippen LogP contribution in [0.2, 0.25) is 0 Å². The van der Waals surface area contributed by atoms with E-state index in [4.69, 9.17) is 34.1 Å². The number of aliphatic imine (C=N–C) groups is 2. The van der Waals surface area contributed by atoms with Gasteiger partial charge >= 0.3 is 33.3 Å². The SMILES string of the molecule is COc1ccccc1N=C(C)c1ccc(C(C)=Nc2ccccc2OC)o1.[Cl][Fe][Cl]. The second-order valence-corrected chi connectivity index (χ2v) is 7.78. The Morgan fingerprint density at radius 2 is 1.10 bits per heavy atom. The van der Waals surface area contributed by atoms with Gasteiger partial charge in [-0.25, -0.2) is 9.98 Å². The number of rotatable bonds is 6. The van der Waals surface area contributed by atoms with Crippen LogP contribution in [0.15, 0.2) is 75.1 Å². The minimum absolute atomic E-state index is 0.194. The van der Waals surface area contributed by atoms with Crippen molar-refractivity contribution in [3.05, 3.63) is 72.2 Å². The molecule has 0 bridgehead atoms. The first-order chi connectivity index (χ1) is 14.5. The number of nitrogens with zero attached hydrogens (tertiary/aromatic N) is 2. The number of hydrogen-bond donors (Lipinski definition) is 0. The molecule has 0 amide bonds. The third-order valence-corrected chi connectivity index (χ3v) is 4.07. The van der Waals surface area contributed by atoms with Crippen LogP contribution in [0.3, 0.4) is 0 Å². The summed E-state index contributed by atoms with van der Waals surface area (Å²) >= 11 is 0.194. The summed E-state index contributed by atoms with van der Waals surface area (Å²) in [6.07, 6.45) is 0. The van der Waals surface area contributed by atoms with Crippen molar-refractivity contribution in [1.82, 2.24) is 0 Å². The van der Waals surface area contributed by atoms with Gasteiger partial charge in [-0.2, -0.15) is 0 Å². The van der Waals surface area contributed by atoms with Crippen molar-refractivity contribution in [2.75, 3.05) is 14.2 Å². The number of benzene rings is 2. The van der Waals surface area contributed by atoms with E-state index in [1.165, 1.54) is 0 Å². The second kappa shape index (κ2) is 12.5. The standard InChI is InChI=1S/C22H22N2O3.2ClH.Fe/c1-15(23-17-9-5-7-11-21(17)25-3)19-13-14-20(27-19)16(2)24-18-10-6-8-12-22(18)26-4;;;/h5-14H,1-4H3;2*1H;/q;;;+2/p-2. The zero-order valence-corrected chi connectivity index (χ0v) is 19.6. The molecule has 160 valence electrons. The molecule has 0 aliphatic rings. The first-order valence-corrected chi connectivity index (χ1v) is 11.9. The molecular weight excluding hydrogens is 467 g/mol. The van der Waals surface area contributed by atoms with Crippen LogP contribution in [0.25, 0.3) is 0 Å². The summed E-state index contributed by atoms with van der Waals surface area (Å²) in [5, 5.41) is 0. The summed E-state index contributed by atoms with van der Waals surface area (Å²) in [7, 11) is 12.8. The first kappa shape index (κ1) is 24.0. The van der Waals surface area contributed by atoms with Gasteiger partial charge in [0.25, 0.3) is 0 Å². The Morgan fingerprint density at radius 1 is 0.733 bits per heavy atom. The zero-order valence-electron chi connectivity index (χ0n) is 17.0. The van der Waals surface area contributed by atoms with Crippen molar-refractivity contribution in [2.24, 2.45) is 9.98 Å². The number of halogens is 2.